The topological polar surface area (TPSA) is 124 Å². The molecule has 1 amide bonds. The zero-order valence-electron chi connectivity index (χ0n) is 20.9. The van der Waals surface area contributed by atoms with Gasteiger partial charge in [-0.2, -0.15) is 4.98 Å². The number of hydrogen-bond donors (Lipinski definition) is 5. The third kappa shape index (κ3) is 5.58. The number of benzene rings is 1. The number of anilines is 4. The largest absolute Gasteiger partial charge is 0.384 e. The molecular weight excluding hydrogens is 442 g/mol. The van der Waals surface area contributed by atoms with Crippen molar-refractivity contribution < 1.29 is 9.90 Å². The Balaban J connectivity index is 1.65. The highest BCUT2D eigenvalue weighted by Crippen LogP contribution is 2.32. The summed E-state index contributed by atoms with van der Waals surface area (Å²) >= 11 is 0. The number of nitrogens with one attached hydrogen (secondary N) is 4. The lowest BCUT2D eigenvalue weighted by Gasteiger charge is -2.33. The van der Waals surface area contributed by atoms with E-state index >= 15 is 0 Å². The average molecular weight is 476 g/mol. The van der Waals surface area contributed by atoms with Gasteiger partial charge in [-0.05, 0) is 56.2 Å². The highest BCUT2D eigenvalue weighted by molar-refractivity contribution is 5.99. The quantitative estimate of drug-likeness (QED) is 0.350. The van der Waals surface area contributed by atoms with Gasteiger partial charge in [-0.15, -0.1) is 0 Å². The minimum Gasteiger partial charge on any atom is -0.384 e. The summed E-state index contributed by atoms with van der Waals surface area (Å²) in [6.07, 6.45) is 1.49. The summed E-state index contributed by atoms with van der Waals surface area (Å²) in [7, 11) is 0. The van der Waals surface area contributed by atoms with Crippen LogP contribution in [0.25, 0.3) is 0 Å². The number of fused-ring (bicyclic) bond motifs is 1. The maximum Gasteiger partial charge on any atom is 0.256 e. The lowest BCUT2D eigenvalue weighted by Crippen LogP contribution is -2.38. The number of aromatic nitrogens is 3. The summed E-state index contributed by atoms with van der Waals surface area (Å²) in [5.74, 6) is 0.834. The van der Waals surface area contributed by atoms with E-state index in [-0.39, 0.29) is 11.3 Å². The van der Waals surface area contributed by atoms with Crippen LogP contribution in [0.1, 0.15) is 61.8 Å². The first-order valence-electron chi connectivity index (χ1n) is 11.8. The second-order valence-electron chi connectivity index (χ2n) is 9.89. The van der Waals surface area contributed by atoms with E-state index in [9.17, 15) is 9.90 Å². The third-order valence-electron chi connectivity index (χ3n) is 5.97. The predicted molar refractivity (Wildman–Crippen MR) is 137 cm³/mol. The van der Waals surface area contributed by atoms with Gasteiger partial charge in [0, 0.05) is 36.9 Å². The molecule has 1 aliphatic heterocycles. The Hall–Kier alpha value is -3.56. The molecule has 0 radical (unpaired) electrons. The van der Waals surface area contributed by atoms with Crippen LogP contribution in [0.5, 0.6) is 0 Å². The number of pyridine rings is 1. The van der Waals surface area contributed by atoms with E-state index in [2.05, 4.69) is 62.2 Å². The number of rotatable bonds is 7. The summed E-state index contributed by atoms with van der Waals surface area (Å²) in [5.41, 5.74) is 3.18. The molecule has 0 spiro atoms. The first-order chi connectivity index (χ1) is 16.6. The van der Waals surface area contributed by atoms with Crippen LogP contribution in [0.15, 0.2) is 42.6 Å². The Morgan fingerprint density at radius 2 is 1.97 bits per heavy atom. The Kier molecular flexibility index (Phi) is 6.73. The summed E-state index contributed by atoms with van der Waals surface area (Å²) < 4.78 is 0. The van der Waals surface area contributed by atoms with Crippen molar-refractivity contribution in [3.63, 3.8) is 0 Å². The van der Waals surface area contributed by atoms with Crippen LogP contribution in [-0.4, -0.2) is 39.1 Å². The van der Waals surface area contributed by atoms with Gasteiger partial charge < -0.3 is 26.4 Å². The second kappa shape index (κ2) is 9.59. The van der Waals surface area contributed by atoms with Crippen LogP contribution in [0.4, 0.5) is 23.3 Å². The SMILES string of the molecule is CCNC(=O)c1cnc(Nc2ccc3c(c2)CNCC3(C)C)nc1Nc1cccc(C(C)(C)O)n1. The molecule has 0 saturated carbocycles. The summed E-state index contributed by atoms with van der Waals surface area (Å²) in [5, 5.41) is 23.0. The molecule has 0 aliphatic carbocycles. The van der Waals surface area contributed by atoms with Gasteiger partial charge in [0.25, 0.3) is 5.91 Å². The molecule has 1 aromatic carbocycles. The van der Waals surface area contributed by atoms with E-state index in [0.717, 1.165) is 18.8 Å². The standard InChI is InChI=1S/C26H33N7O2/c1-6-28-23(34)18-14-29-24(30-17-10-11-19-16(12-17)13-27-15-25(19,2)3)33-22(18)32-21-9-7-8-20(31-21)26(4,5)35/h7-12,14,27,35H,6,13,15H2,1-5H3,(H,28,34)(H2,29,30,31,32,33). The Morgan fingerprint density at radius 1 is 1.17 bits per heavy atom. The normalized spacial score (nSPS) is 14.7. The maximum atomic E-state index is 12.7. The third-order valence-corrected chi connectivity index (χ3v) is 5.97. The number of aliphatic hydroxyl groups is 1. The molecule has 0 saturated heterocycles. The van der Waals surface area contributed by atoms with Crippen molar-refractivity contribution >= 4 is 29.2 Å². The molecule has 0 unspecified atom stereocenters. The van der Waals surface area contributed by atoms with Crippen molar-refractivity contribution in [1.82, 2.24) is 25.6 Å². The predicted octanol–water partition coefficient (Wildman–Crippen LogP) is 3.72. The van der Waals surface area contributed by atoms with Crippen LogP contribution in [0, 0.1) is 0 Å². The highest BCUT2D eigenvalue weighted by Gasteiger charge is 2.27. The molecule has 0 fully saturated rings. The van der Waals surface area contributed by atoms with Crippen molar-refractivity contribution in [2.75, 3.05) is 23.7 Å². The van der Waals surface area contributed by atoms with Crippen molar-refractivity contribution in [3.05, 3.63) is 65.0 Å². The number of hydrogen-bond acceptors (Lipinski definition) is 8. The van der Waals surface area contributed by atoms with Crippen LogP contribution in [0.2, 0.25) is 0 Å². The van der Waals surface area contributed by atoms with Crippen LogP contribution in [0.3, 0.4) is 0 Å². The first-order valence-corrected chi connectivity index (χ1v) is 11.8. The number of carbonyl (C=O) groups excluding carboxylic acids is 1. The van der Waals surface area contributed by atoms with Crippen molar-refractivity contribution in [2.24, 2.45) is 0 Å². The van der Waals surface area contributed by atoms with E-state index in [0.29, 0.717) is 35.4 Å². The molecule has 3 aromatic rings. The van der Waals surface area contributed by atoms with Crippen LogP contribution in [-0.2, 0) is 17.6 Å². The van der Waals surface area contributed by atoms with Crippen molar-refractivity contribution in [2.45, 2.75) is 52.2 Å². The van der Waals surface area contributed by atoms with Gasteiger partial charge in [-0.1, -0.05) is 26.0 Å². The minimum absolute atomic E-state index is 0.0681. The molecule has 35 heavy (non-hydrogen) atoms. The molecule has 4 rings (SSSR count). The van der Waals surface area contributed by atoms with E-state index in [1.807, 2.05) is 13.0 Å². The maximum absolute atomic E-state index is 12.7. The van der Waals surface area contributed by atoms with Gasteiger partial charge in [0.05, 0.1) is 5.69 Å². The van der Waals surface area contributed by atoms with Gasteiger partial charge in [-0.25, -0.2) is 9.97 Å². The first kappa shape index (κ1) is 24.6. The minimum atomic E-state index is -1.10. The molecule has 3 heterocycles. The average Bonchev–Trinajstić information content (AvgIpc) is 2.79. The lowest BCUT2D eigenvalue weighted by atomic mass is 9.79. The van der Waals surface area contributed by atoms with Crippen LogP contribution >= 0.6 is 0 Å². The summed E-state index contributed by atoms with van der Waals surface area (Å²) in [4.78, 5) is 26.1. The van der Waals surface area contributed by atoms with Gasteiger partial charge in [0.1, 0.15) is 22.8 Å². The highest BCUT2D eigenvalue weighted by atomic mass is 16.3. The number of amides is 1. The second-order valence-corrected chi connectivity index (χ2v) is 9.89. The number of carbonyl (C=O) groups is 1. The van der Waals surface area contributed by atoms with Crippen molar-refractivity contribution in [1.29, 1.82) is 0 Å². The Labute approximate surface area is 205 Å². The van der Waals surface area contributed by atoms with E-state index < -0.39 is 5.60 Å². The fourth-order valence-electron chi connectivity index (χ4n) is 4.14. The molecule has 2 aromatic heterocycles. The lowest BCUT2D eigenvalue weighted by molar-refractivity contribution is 0.0740. The van der Waals surface area contributed by atoms with Gasteiger partial charge in [-0.3, -0.25) is 4.79 Å². The zero-order chi connectivity index (χ0) is 25.2. The van der Waals surface area contributed by atoms with Gasteiger partial charge in [0.15, 0.2) is 0 Å². The van der Waals surface area contributed by atoms with Gasteiger partial charge >= 0.3 is 0 Å². The van der Waals surface area contributed by atoms with E-state index in [1.165, 1.54) is 17.3 Å². The van der Waals surface area contributed by atoms with E-state index in [1.54, 1.807) is 32.0 Å². The van der Waals surface area contributed by atoms with Crippen LogP contribution < -0.4 is 21.3 Å². The molecule has 0 atom stereocenters. The molecule has 0 bridgehead atoms. The smallest absolute Gasteiger partial charge is 0.256 e. The van der Waals surface area contributed by atoms with Crippen molar-refractivity contribution in [3.8, 4) is 0 Å². The zero-order valence-corrected chi connectivity index (χ0v) is 20.9. The fraction of sp³-hybridized carbons (Fsp3) is 0.385. The molecule has 9 heteroatoms. The van der Waals surface area contributed by atoms with Gasteiger partial charge in [0.2, 0.25) is 5.95 Å². The Morgan fingerprint density at radius 3 is 2.71 bits per heavy atom. The molecule has 5 N–H and O–H groups in total. The van der Waals surface area contributed by atoms with E-state index in [4.69, 9.17) is 0 Å². The fourth-order valence-corrected chi connectivity index (χ4v) is 4.14. The molecule has 1 aliphatic rings. The molecule has 9 nitrogen and oxygen atoms in total. The Bertz CT molecular complexity index is 1230. The summed E-state index contributed by atoms with van der Waals surface area (Å²) in [6.45, 7) is 11.9. The monoisotopic (exact) mass is 475 g/mol. The molecular formula is C26H33N7O2. The number of nitrogens with zero attached hydrogens (tertiary/aromatic N) is 3. The molecule has 184 valence electrons. The summed E-state index contributed by atoms with van der Waals surface area (Å²) in [6, 6.07) is 11.6.